The van der Waals surface area contributed by atoms with E-state index in [9.17, 15) is 4.79 Å². The number of ether oxygens (including phenoxy) is 1. The molecule has 4 heteroatoms. The highest BCUT2D eigenvalue weighted by Crippen LogP contribution is 2.16. The van der Waals surface area contributed by atoms with Crippen LogP contribution >= 0.6 is 0 Å². The Morgan fingerprint density at radius 2 is 1.63 bits per heavy atom. The molecule has 0 spiro atoms. The Morgan fingerprint density at radius 1 is 0.963 bits per heavy atom. The van der Waals surface area contributed by atoms with E-state index in [1.54, 1.807) is 7.05 Å². The van der Waals surface area contributed by atoms with E-state index in [1.165, 1.54) is 0 Å². The molecule has 0 aliphatic heterocycles. The summed E-state index contributed by atoms with van der Waals surface area (Å²) in [7, 11) is 1.67. The van der Waals surface area contributed by atoms with Crippen LogP contribution in [0.3, 0.4) is 0 Å². The SMILES string of the molecule is CCC(CC)COc1ccc(CN[C@@H](Cc2ccccc2)C(=O)NC)cc1. The number of carbonyl (C=O) groups excluding carboxylic acids is 1. The highest BCUT2D eigenvalue weighted by molar-refractivity contribution is 5.81. The summed E-state index contributed by atoms with van der Waals surface area (Å²) in [6, 6.07) is 17.9. The van der Waals surface area contributed by atoms with Gasteiger partial charge >= 0.3 is 0 Å². The standard InChI is InChI=1S/C23H32N2O2/c1-4-18(5-2)17-27-21-13-11-20(12-14-21)16-25-22(23(26)24-3)15-19-9-7-6-8-10-19/h6-14,18,22,25H,4-5,15-17H2,1-3H3,(H,24,26)/t22-/m0/s1. The predicted octanol–water partition coefficient (Wildman–Crippen LogP) is 3.95. The molecule has 0 bridgehead atoms. The molecule has 27 heavy (non-hydrogen) atoms. The Balaban J connectivity index is 1.89. The van der Waals surface area contributed by atoms with Crippen LogP contribution in [0.4, 0.5) is 0 Å². The number of hydrogen-bond donors (Lipinski definition) is 2. The van der Waals surface area contributed by atoms with Gasteiger partial charge in [0.2, 0.25) is 5.91 Å². The van der Waals surface area contributed by atoms with Gasteiger partial charge in [-0.3, -0.25) is 4.79 Å². The molecule has 2 aromatic rings. The van der Waals surface area contributed by atoms with Crippen molar-refractivity contribution in [3.05, 3.63) is 65.7 Å². The number of benzene rings is 2. The van der Waals surface area contributed by atoms with E-state index in [2.05, 4.69) is 36.6 Å². The van der Waals surface area contributed by atoms with E-state index in [4.69, 9.17) is 4.74 Å². The Bertz CT molecular complexity index is 667. The monoisotopic (exact) mass is 368 g/mol. The second kappa shape index (κ2) is 11.4. The maximum atomic E-state index is 12.2. The molecule has 2 aromatic carbocycles. The minimum absolute atomic E-state index is 0.00368. The Hall–Kier alpha value is -2.33. The van der Waals surface area contributed by atoms with Crippen LogP contribution in [-0.4, -0.2) is 25.6 Å². The molecule has 0 fully saturated rings. The molecule has 0 radical (unpaired) electrons. The van der Waals surface area contributed by atoms with Gasteiger partial charge in [0.05, 0.1) is 12.6 Å². The third-order valence-electron chi connectivity index (χ3n) is 4.96. The highest BCUT2D eigenvalue weighted by atomic mass is 16.5. The van der Waals surface area contributed by atoms with E-state index in [0.717, 1.165) is 36.3 Å². The first kappa shape index (κ1) is 21.0. The van der Waals surface area contributed by atoms with Gasteiger partial charge in [-0.1, -0.05) is 69.2 Å². The van der Waals surface area contributed by atoms with Gasteiger partial charge in [0.1, 0.15) is 5.75 Å². The number of hydrogen-bond acceptors (Lipinski definition) is 3. The molecule has 0 saturated heterocycles. The molecule has 0 heterocycles. The highest BCUT2D eigenvalue weighted by Gasteiger charge is 2.17. The molecular weight excluding hydrogens is 336 g/mol. The van der Waals surface area contributed by atoms with Gasteiger partial charge in [0.15, 0.2) is 0 Å². The number of likely N-dealkylation sites (N-methyl/N-ethyl adjacent to an activating group) is 1. The molecule has 0 aliphatic rings. The van der Waals surface area contributed by atoms with Crippen molar-refractivity contribution in [2.75, 3.05) is 13.7 Å². The second-order valence-electron chi connectivity index (χ2n) is 6.87. The minimum Gasteiger partial charge on any atom is -0.493 e. The fourth-order valence-electron chi connectivity index (χ4n) is 2.96. The summed E-state index contributed by atoms with van der Waals surface area (Å²) in [5.74, 6) is 1.51. The van der Waals surface area contributed by atoms with Crippen molar-refractivity contribution in [3.8, 4) is 5.75 Å². The molecule has 146 valence electrons. The van der Waals surface area contributed by atoms with E-state index in [1.807, 2.05) is 42.5 Å². The van der Waals surface area contributed by atoms with Crippen molar-refractivity contribution in [1.29, 1.82) is 0 Å². The molecule has 0 aromatic heterocycles. The molecule has 2 N–H and O–H groups in total. The molecule has 0 saturated carbocycles. The minimum atomic E-state index is -0.261. The second-order valence-corrected chi connectivity index (χ2v) is 6.87. The lowest BCUT2D eigenvalue weighted by Gasteiger charge is -2.18. The fraction of sp³-hybridized carbons (Fsp3) is 0.435. The van der Waals surface area contributed by atoms with Crippen LogP contribution in [0.25, 0.3) is 0 Å². The zero-order chi connectivity index (χ0) is 19.5. The van der Waals surface area contributed by atoms with Crippen LogP contribution in [-0.2, 0) is 17.8 Å². The summed E-state index contributed by atoms with van der Waals surface area (Å²) in [5.41, 5.74) is 2.27. The Labute approximate surface area is 163 Å². The van der Waals surface area contributed by atoms with Crippen LogP contribution in [0.1, 0.15) is 37.8 Å². The number of rotatable bonds is 11. The molecule has 1 atom stereocenters. The average molecular weight is 369 g/mol. The van der Waals surface area contributed by atoms with Crippen LogP contribution in [0.15, 0.2) is 54.6 Å². The first-order valence-electron chi connectivity index (χ1n) is 9.86. The zero-order valence-electron chi connectivity index (χ0n) is 16.7. The smallest absolute Gasteiger partial charge is 0.237 e. The zero-order valence-corrected chi connectivity index (χ0v) is 16.7. The van der Waals surface area contributed by atoms with Gasteiger partial charge < -0.3 is 15.4 Å². The van der Waals surface area contributed by atoms with Gasteiger partial charge in [0.25, 0.3) is 0 Å². The Kier molecular flexibility index (Phi) is 8.85. The molecule has 0 aliphatic carbocycles. The molecular formula is C23H32N2O2. The van der Waals surface area contributed by atoms with Gasteiger partial charge in [-0.05, 0) is 35.6 Å². The normalized spacial score (nSPS) is 12.0. The predicted molar refractivity (Wildman–Crippen MR) is 111 cm³/mol. The molecule has 0 unspecified atom stereocenters. The quantitative estimate of drug-likeness (QED) is 0.631. The largest absolute Gasteiger partial charge is 0.493 e. The van der Waals surface area contributed by atoms with Gasteiger partial charge in [0, 0.05) is 13.6 Å². The van der Waals surface area contributed by atoms with E-state index in [0.29, 0.717) is 18.9 Å². The van der Waals surface area contributed by atoms with Crippen molar-refractivity contribution < 1.29 is 9.53 Å². The van der Waals surface area contributed by atoms with E-state index < -0.39 is 0 Å². The van der Waals surface area contributed by atoms with Crippen LogP contribution in [0.5, 0.6) is 5.75 Å². The van der Waals surface area contributed by atoms with Crippen molar-refractivity contribution >= 4 is 5.91 Å². The van der Waals surface area contributed by atoms with E-state index in [-0.39, 0.29) is 11.9 Å². The number of carbonyl (C=O) groups is 1. The van der Waals surface area contributed by atoms with Crippen molar-refractivity contribution in [2.45, 2.75) is 45.7 Å². The lowest BCUT2D eigenvalue weighted by molar-refractivity contribution is -0.122. The maximum Gasteiger partial charge on any atom is 0.237 e. The summed E-state index contributed by atoms with van der Waals surface area (Å²) in [6.45, 7) is 5.80. The lowest BCUT2D eigenvalue weighted by Crippen LogP contribution is -2.44. The van der Waals surface area contributed by atoms with E-state index >= 15 is 0 Å². The van der Waals surface area contributed by atoms with Crippen molar-refractivity contribution in [1.82, 2.24) is 10.6 Å². The van der Waals surface area contributed by atoms with Crippen molar-refractivity contribution in [2.24, 2.45) is 5.92 Å². The lowest BCUT2D eigenvalue weighted by atomic mass is 10.0. The Morgan fingerprint density at radius 3 is 2.22 bits per heavy atom. The first-order valence-corrected chi connectivity index (χ1v) is 9.86. The fourth-order valence-corrected chi connectivity index (χ4v) is 2.96. The number of amides is 1. The summed E-state index contributed by atoms with van der Waals surface area (Å²) in [4.78, 5) is 12.2. The molecule has 1 amide bonds. The van der Waals surface area contributed by atoms with Gasteiger partial charge in [-0.2, -0.15) is 0 Å². The summed E-state index contributed by atoms with van der Waals surface area (Å²) in [5, 5.41) is 6.12. The van der Waals surface area contributed by atoms with Crippen LogP contribution in [0, 0.1) is 5.92 Å². The average Bonchev–Trinajstić information content (AvgIpc) is 2.73. The van der Waals surface area contributed by atoms with Gasteiger partial charge in [-0.25, -0.2) is 0 Å². The van der Waals surface area contributed by atoms with Crippen LogP contribution < -0.4 is 15.4 Å². The first-order chi connectivity index (χ1) is 13.2. The number of nitrogens with one attached hydrogen (secondary N) is 2. The third-order valence-corrected chi connectivity index (χ3v) is 4.96. The third kappa shape index (κ3) is 7.06. The molecule has 2 rings (SSSR count). The van der Waals surface area contributed by atoms with Crippen molar-refractivity contribution in [3.63, 3.8) is 0 Å². The summed E-state index contributed by atoms with van der Waals surface area (Å²) in [6.07, 6.45) is 2.94. The summed E-state index contributed by atoms with van der Waals surface area (Å²) < 4.78 is 5.88. The summed E-state index contributed by atoms with van der Waals surface area (Å²) >= 11 is 0. The van der Waals surface area contributed by atoms with Gasteiger partial charge in [-0.15, -0.1) is 0 Å². The molecule has 4 nitrogen and oxygen atoms in total. The maximum absolute atomic E-state index is 12.2. The van der Waals surface area contributed by atoms with Crippen LogP contribution in [0.2, 0.25) is 0 Å². The topological polar surface area (TPSA) is 50.4 Å².